The van der Waals surface area contributed by atoms with E-state index in [2.05, 4.69) is 5.32 Å². The van der Waals surface area contributed by atoms with Crippen molar-refractivity contribution in [2.45, 2.75) is 18.6 Å². The van der Waals surface area contributed by atoms with Crippen molar-refractivity contribution in [2.75, 3.05) is 6.54 Å². The number of nitrogens with one attached hydrogen (secondary N) is 1. The molecule has 1 aliphatic heterocycles. The maximum Gasteiger partial charge on any atom is 0.115 e. The Morgan fingerprint density at radius 3 is 2.75 bits per heavy atom. The van der Waals surface area contributed by atoms with Gasteiger partial charge in [0.05, 0.1) is 12.1 Å². The molecule has 0 bridgehead atoms. The Balaban J connectivity index is 2.35. The quantitative estimate of drug-likeness (QED) is 0.488. The van der Waals surface area contributed by atoms with Gasteiger partial charge in [-0.3, -0.25) is 5.32 Å². The molecule has 1 N–H and O–H groups in total. The second kappa shape index (κ2) is 2.10. The molecule has 1 saturated heterocycles. The maximum atomic E-state index is 12.1. The van der Waals surface area contributed by atoms with Crippen LogP contribution >= 0.6 is 0 Å². The van der Waals surface area contributed by atoms with E-state index in [1.54, 1.807) is 0 Å². The molecule has 1 unspecified atom stereocenters. The topological polar surface area (TPSA) is 35.8 Å². The van der Waals surface area contributed by atoms with E-state index in [9.17, 15) is 4.39 Å². The van der Waals surface area contributed by atoms with Crippen LogP contribution in [0.2, 0.25) is 0 Å². The summed E-state index contributed by atoms with van der Waals surface area (Å²) in [6, 6.07) is 1.70. The van der Waals surface area contributed by atoms with Crippen LogP contribution < -0.4 is 5.32 Å². The molecule has 2 nitrogen and oxygen atoms in total. The Morgan fingerprint density at radius 2 is 2.50 bits per heavy atom. The van der Waals surface area contributed by atoms with Gasteiger partial charge in [0.2, 0.25) is 0 Å². The highest BCUT2D eigenvalue weighted by molar-refractivity contribution is 4.96. The summed E-state index contributed by atoms with van der Waals surface area (Å²) in [6.45, 7) is 0.345. The van der Waals surface area contributed by atoms with Gasteiger partial charge in [-0.25, -0.2) is 4.39 Å². The van der Waals surface area contributed by atoms with Gasteiger partial charge in [-0.1, -0.05) is 0 Å². The van der Waals surface area contributed by atoms with Crippen LogP contribution in [0.1, 0.15) is 6.42 Å². The van der Waals surface area contributed by atoms with E-state index >= 15 is 0 Å². The van der Waals surface area contributed by atoms with Crippen molar-refractivity contribution in [3.05, 3.63) is 0 Å². The molecule has 1 fully saturated rings. The first-order valence-electron chi connectivity index (χ1n) is 2.60. The zero-order chi connectivity index (χ0) is 5.98. The predicted molar refractivity (Wildman–Crippen MR) is 26.9 cm³/mol. The van der Waals surface area contributed by atoms with E-state index in [4.69, 9.17) is 5.26 Å². The third-order valence-corrected chi connectivity index (χ3v) is 1.23. The number of nitrogens with zero attached hydrogens (tertiary/aromatic N) is 1. The third-order valence-electron chi connectivity index (χ3n) is 1.23. The van der Waals surface area contributed by atoms with Crippen LogP contribution in [0.3, 0.4) is 0 Å². The first-order valence-corrected chi connectivity index (χ1v) is 2.60. The highest BCUT2D eigenvalue weighted by atomic mass is 19.1. The highest BCUT2D eigenvalue weighted by Crippen LogP contribution is 2.07. The van der Waals surface area contributed by atoms with Crippen molar-refractivity contribution >= 4 is 0 Å². The number of rotatable bonds is 0. The van der Waals surface area contributed by atoms with Gasteiger partial charge >= 0.3 is 0 Å². The van der Waals surface area contributed by atoms with Crippen LogP contribution in [0.5, 0.6) is 0 Å². The summed E-state index contributed by atoms with van der Waals surface area (Å²) in [7, 11) is 0. The largest absolute Gasteiger partial charge is 0.299 e. The van der Waals surface area contributed by atoms with Gasteiger partial charge in [-0.15, -0.1) is 0 Å². The number of alkyl halides is 1. The lowest BCUT2D eigenvalue weighted by Gasteiger charge is -1.91. The van der Waals surface area contributed by atoms with Crippen molar-refractivity contribution < 1.29 is 4.39 Å². The highest BCUT2D eigenvalue weighted by Gasteiger charge is 2.22. The van der Waals surface area contributed by atoms with Crippen LogP contribution in [-0.4, -0.2) is 18.8 Å². The molecule has 0 amide bonds. The first kappa shape index (κ1) is 5.52. The molecule has 8 heavy (non-hydrogen) atoms. The van der Waals surface area contributed by atoms with Gasteiger partial charge in [-0.05, 0) is 0 Å². The van der Waals surface area contributed by atoms with Crippen molar-refractivity contribution in [1.29, 1.82) is 5.26 Å². The second-order valence-corrected chi connectivity index (χ2v) is 1.92. The fraction of sp³-hybridized carbons (Fsp3) is 0.800. The second-order valence-electron chi connectivity index (χ2n) is 1.92. The fourth-order valence-corrected chi connectivity index (χ4v) is 0.791. The lowest BCUT2D eigenvalue weighted by Crippen LogP contribution is -2.18. The molecular formula is C5H7FN2. The van der Waals surface area contributed by atoms with E-state index in [1.165, 1.54) is 0 Å². The molecule has 0 saturated carbocycles. The van der Waals surface area contributed by atoms with E-state index < -0.39 is 6.17 Å². The standard InChI is InChI=1S/C5H7FN2/c6-4-1-5(2-7)8-3-4/h4-5,8H,1,3H2/t4?,5-/m0/s1. The van der Waals surface area contributed by atoms with Gasteiger partial charge in [-0.2, -0.15) is 5.26 Å². The average molecular weight is 114 g/mol. The molecule has 0 radical (unpaired) electrons. The molecule has 0 aliphatic carbocycles. The molecule has 0 aromatic rings. The molecule has 2 atom stereocenters. The molecule has 0 aromatic carbocycles. The van der Waals surface area contributed by atoms with Gasteiger partial charge in [0.25, 0.3) is 0 Å². The summed E-state index contributed by atoms with van der Waals surface area (Å²) >= 11 is 0. The molecule has 1 heterocycles. The number of halogens is 1. The lowest BCUT2D eigenvalue weighted by molar-refractivity contribution is 0.359. The van der Waals surface area contributed by atoms with Crippen LogP contribution in [0, 0.1) is 11.3 Å². The van der Waals surface area contributed by atoms with E-state index in [0.717, 1.165) is 0 Å². The first-order chi connectivity index (χ1) is 3.83. The van der Waals surface area contributed by atoms with Gasteiger partial charge in [0, 0.05) is 13.0 Å². The Labute approximate surface area is 47.3 Å². The maximum absolute atomic E-state index is 12.1. The Hall–Kier alpha value is -0.620. The number of hydrogen-bond donors (Lipinski definition) is 1. The molecule has 0 spiro atoms. The van der Waals surface area contributed by atoms with Gasteiger partial charge in [0.15, 0.2) is 0 Å². The smallest absolute Gasteiger partial charge is 0.115 e. The predicted octanol–water partition coefficient (Wildman–Crippen LogP) is 0.210. The van der Waals surface area contributed by atoms with Crippen LogP contribution in [0.25, 0.3) is 0 Å². The molecule has 1 rings (SSSR count). The summed E-state index contributed by atoms with van der Waals surface area (Å²) in [5.74, 6) is 0. The van der Waals surface area contributed by atoms with Crippen molar-refractivity contribution in [2.24, 2.45) is 0 Å². The summed E-state index contributed by atoms with van der Waals surface area (Å²) in [5.41, 5.74) is 0. The molecule has 3 heteroatoms. The molecule has 0 aromatic heterocycles. The minimum atomic E-state index is -0.806. The fourth-order valence-electron chi connectivity index (χ4n) is 0.791. The molecule has 1 aliphatic rings. The Morgan fingerprint density at radius 1 is 1.75 bits per heavy atom. The lowest BCUT2D eigenvalue weighted by atomic mass is 10.2. The summed E-state index contributed by atoms with van der Waals surface area (Å²) in [6.07, 6.45) is -0.448. The van der Waals surface area contributed by atoms with E-state index in [0.29, 0.717) is 13.0 Å². The monoisotopic (exact) mass is 114 g/mol. The van der Waals surface area contributed by atoms with Crippen LogP contribution in [-0.2, 0) is 0 Å². The number of hydrogen-bond acceptors (Lipinski definition) is 2. The normalized spacial score (nSPS) is 37.0. The van der Waals surface area contributed by atoms with Crippen molar-refractivity contribution in [3.8, 4) is 6.07 Å². The zero-order valence-electron chi connectivity index (χ0n) is 4.39. The minimum Gasteiger partial charge on any atom is -0.299 e. The van der Waals surface area contributed by atoms with E-state index in [1.807, 2.05) is 6.07 Å². The van der Waals surface area contributed by atoms with Crippen LogP contribution in [0.4, 0.5) is 4.39 Å². The third kappa shape index (κ3) is 0.958. The molecular weight excluding hydrogens is 107 g/mol. The summed E-state index contributed by atoms with van der Waals surface area (Å²) in [4.78, 5) is 0. The van der Waals surface area contributed by atoms with Crippen molar-refractivity contribution in [3.63, 3.8) is 0 Å². The SMILES string of the molecule is N#C[C@@H]1CC(F)CN1. The van der Waals surface area contributed by atoms with Gasteiger partial charge in [0.1, 0.15) is 6.17 Å². The van der Waals surface area contributed by atoms with Gasteiger partial charge < -0.3 is 0 Å². The van der Waals surface area contributed by atoms with Crippen molar-refractivity contribution in [1.82, 2.24) is 5.32 Å². The van der Waals surface area contributed by atoms with Crippen LogP contribution in [0.15, 0.2) is 0 Å². The summed E-state index contributed by atoms with van der Waals surface area (Å²) in [5, 5.41) is 10.9. The molecule has 44 valence electrons. The Bertz CT molecular complexity index is 118. The minimum absolute atomic E-state index is 0.245. The number of nitriles is 1. The average Bonchev–Trinajstić information content (AvgIpc) is 2.14. The Kier molecular flexibility index (Phi) is 1.45. The summed E-state index contributed by atoms with van der Waals surface area (Å²) < 4.78 is 12.1. The van der Waals surface area contributed by atoms with E-state index in [-0.39, 0.29) is 6.04 Å². The zero-order valence-corrected chi connectivity index (χ0v) is 4.39.